The molecule has 0 saturated carbocycles. The molecule has 0 aromatic carbocycles. The van der Waals surface area contributed by atoms with Gasteiger partial charge in [0.05, 0.1) is 0 Å². The monoisotopic (exact) mass is 244 g/mol. The summed E-state index contributed by atoms with van der Waals surface area (Å²) < 4.78 is 0. The molecule has 0 aromatic rings. The van der Waals surface area contributed by atoms with E-state index in [4.69, 9.17) is 5.11 Å². The Hall–Kier alpha value is -1.26. The van der Waals surface area contributed by atoms with Crippen molar-refractivity contribution in [2.45, 2.75) is 53.6 Å². The van der Waals surface area contributed by atoms with E-state index < -0.39 is 17.4 Å². The van der Waals surface area contributed by atoms with Crippen molar-refractivity contribution in [1.29, 1.82) is 0 Å². The Morgan fingerprint density at radius 3 is 2.00 bits per heavy atom. The maximum absolute atomic E-state index is 11.9. The van der Waals surface area contributed by atoms with Crippen molar-refractivity contribution in [1.82, 2.24) is 10.2 Å². The number of rotatable bonds is 4. The third kappa shape index (κ3) is 4.63. The summed E-state index contributed by atoms with van der Waals surface area (Å²) in [4.78, 5) is 24.7. The van der Waals surface area contributed by atoms with Crippen LogP contribution in [0, 0.1) is 5.41 Å². The Kier molecular flexibility index (Phi) is 5.45. The van der Waals surface area contributed by atoms with Crippen LogP contribution in [0.2, 0.25) is 0 Å². The summed E-state index contributed by atoms with van der Waals surface area (Å²) >= 11 is 0. The van der Waals surface area contributed by atoms with Gasteiger partial charge in [0.1, 0.15) is 6.04 Å². The van der Waals surface area contributed by atoms with E-state index in [-0.39, 0.29) is 12.1 Å². The number of amides is 2. The van der Waals surface area contributed by atoms with Crippen LogP contribution in [0.5, 0.6) is 0 Å². The number of carbonyl (C=O) groups is 2. The molecule has 0 heterocycles. The van der Waals surface area contributed by atoms with Gasteiger partial charge in [-0.3, -0.25) is 0 Å². The largest absolute Gasteiger partial charge is 0.480 e. The molecular formula is C12H24N2O3. The molecule has 0 spiro atoms. The molecule has 0 aliphatic heterocycles. The zero-order chi connectivity index (χ0) is 13.8. The van der Waals surface area contributed by atoms with Gasteiger partial charge in [-0.1, -0.05) is 20.8 Å². The van der Waals surface area contributed by atoms with Gasteiger partial charge >= 0.3 is 12.0 Å². The maximum Gasteiger partial charge on any atom is 0.326 e. The van der Waals surface area contributed by atoms with Crippen LogP contribution in [0.15, 0.2) is 0 Å². The molecular weight excluding hydrogens is 220 g/mol. The van der Waals surface area contributed by atoms with Crippen LogP contribution < -0.4 is 5.32 Å². The molecule has 5 heteroatoms. The standard InChI is InChI=1S/C12H24N2O3/c1-7-14(8(2)3)11(17)13-9(10(15)16)12(4,5)6/h8-9H,7H2,1-6H3,(H,13,17)(H,15,16). The predicted molar refractivity (Wildman–Crippen MR) is 66.9 cm³/mol. The smallest absolute Gasteiger partial charge is 0.326 e. The first-order valence-electron chi connectivity index (χ1n) is 5.91. The highest BCUT2D eigenvalue weighted by Crippen LogP contribution is 2.19. The van der Waals surface area contributed by atoms with Crippen LogP contribution in [0.4, 0.5) is 4.79 Å². The van der Waals surface area contributed by atoms with Crippen LogP contribution in [-0.4, -0.2) is 40.6 Å². The third-order valence-electron chi connectivity index (χ3n) is 2.61. The summed E-state index contributed by atoms with van der Waals surface area (Å²) in [5.74, 6) is -1.01. The lowest BCUT2D eigenvalue weighted by Crippen LogP contribution is -2.54. The lowest BCUT2D eigenvalue weighted by molar-refractivity contribution is -0.142. The quantitative estimate of drug-likeness (QED) is 0.793. The van der Waals surface area contributed by atoms with Crippen LogP contribution in [0.1, 0.15) is 41.5 Å². The minimum atomic E-state index is -1.01. The highest BCUT2D eigenvalue weighted by molar-refractivity contribution is 5.83. The zero-order valence-corrected chi connectivity index (χ0v) is 11.6. The SMILES string of the molecule is CCN(C(=O)NC(C(=O)O)C(C)(C)C)C(C)C. The molecule has 2 amide bonds. The second-order valence-electron chi connectivity index (χ2n) is 5.47. The Morgan fingerprint density at radius 1 is 1.29 bits per heavy atom. The lowest BCUT2D eigenvalue weighted by atomic mass is 9.87. The number of aliphatic carboxylic acids is 1. The van der Waals surface area contributed by atoms with E-state index in [1.54, 1.807) is 25.7 Å². The summed E-state index contributed by atoms with van der Waals surface area (Å²) in [7, 11) is 0. The number of urea groups is 1. The van der Waals surface area contributed by atoms with Crippen molar-refractivity contribution in [3.63, 3.8) is 0 Å². The fraction of sp³-hybridized carbons (Fsp3) is 0.833. The average molecular weight is 244 g/mol. The minimum Gasteiger partial charge on any atom is -0.480 e. The molecule has 0 fully saturated rings. The Balaban J connectivity index is 4.79. The molecule has 1 unspecified atom stereocenters. The van der Waals surface area contributed by atoms with Crippen LogP contribution in [0.25, 0.3) is 0 Å². The van der Waals surface area contributed by atoms with Gasteiger partial charge in [-0.15, -0.1) is 0 Å². The highest BCUT2D eigenvalue weighted by atomic mass is 16.4. The first kappa shape index (κ1) is 15.7. The molecule has 0 rings (SSSR count). The molecule has 1 atom stereocenters. The van der Waals surface area contributed by atoms with Crippen molar-refractivity contribution in [3.05, 3.63) is 0 Å². The summed E-state index contributed by atoms with van der Waals surface area (Å²) in [5, 5.41) is 11.7. The summed E-state index contributed by atoms with van der Waals surface area (Å²) in [6.07, 6.45) is 0. The molecule has 0 saturated heterocycles. The van der Waals surface area contributed by atoms with Crippen molar-refractivity contribution in [3.8, 4) is 0 Å². The number of hydrogen-bond donors (Lipinski definition) is 2. The maximum atomic E-state index is 11.9. The van der Waals surface area contributed by atoms with E-state index in [0.29, 0.717) is 6.54 Å². The second kappa shape index (κ2) is 5.89. The number of carbonyl (C=O) groups excluding carboxylic acids is 1. The van der Waals surface area contributed by atoms with Crippen LogP contribution >= 0.6 is 0 Å². The summed E-state index contributed by atoms with van der Waals surface area (Å²) in [5.41, 5.74) is -0.516. The van der Waals surface area contributed by atoms with Gasteiger partial charge in [0, 0.05) is 12.6 Å². The van der Waals surface area contributed by atoms with Gasteiger partial charge in [0.25, 0.3) is 0 Å². The average Bonchev–Trinajstić information content (AvgIpc) is 2.12. The molecule has 0 radical (unpaired) electrons. The molecule has 0 bridgehead atoms. The fourth-order valence-electron chi connectivity index (χ4n) is 1.60. The lowest BCUT2D eigenvalue weighted by Gasteiger charge is -2.32. The minimum absolute atomic E-state index is 0.0504. The number of nitrogens with one attached hydrogen (secondary N) is 1. The predicted octanol–water partition coefficient (Wildman–Crippen LogP) is 1.93. The second-order valence-corrected chi connectivity index (χ2v) is 5.47. The molecule has 0 aromatic heterocycles. The van der Waals surface area contributed by atoms with Crippen molar-refractivity contribution >= 4 is 12.0 Å². The van der Waals surface area contributed by atoms with Gasteiger partial charge in [0.15, 0.2) is 0 Å². The van der Waals surface area contributed by atoms with Gasteiger partial charge in [0.2, 0.25) is 0 Å². The van der Waals surface area contributed by atoms with E-state index >= 15 is 0 Å². The zero-order valence-electron chi connectivity index (χ0n) is 11.6. The topological polar surface area (TPSA) is 69.6 Å². The van der Waals surface area contributed by atoms with Crippen molar-refractivity contribution < 1.29 is 14.7 Å². The summed E-state index contributed by atoms with van der Waals surface area (Å²) in [6.45, 7) is 11.6. The highest BCUT2D eigenvalue weighted by Gasteiger charge is 2.33. The number of hydrogen-bond acceptors (Lipinski definition) is 2. The van der Waals surface area contributed by atoms with Crippen LogP contribution in [0.3, 0.4) is 0 Å². The van der Waals surface area contributed by atoms with E-state index in [2.05, 4.69) is 5.32 Å². The molecule has 5 nitrogen and oxygen atoms in total. The molecule has 100 valence electrons. The third-order valence-corrected chi connectivity index (χ3v) is 2.61. The van der Waals surface area contributed by atoms with E-state index in [1.807, 2.05) is 20.8 Å². The fourth-order valence-corrected chi connectivity index (χ4v) is 1.60. The Bertz CT molecular complexity index is 282. The molecule has 0 aliphatic rings. The normalized spacial score (nSPS) is 13.4. The molecule has 2 N–H and O–H groups in total. The number of carboxylic acid groups (broad SMARTS) is 1. The molecule has 0 aliphatic carbocycles. The van der Waals surface area contributed by atoms with Crippen molar-refractivity contribution in [2.75, 3.05) is 6.54 Å². The van der Waals surface area contributed by atoms with Crippen molar-refractivity contribution in [2.24, 2.45) is 5.41 Å². The van der Waals surface area contributed by atoms with E-state index in [0.717, 1.165) is 0 Å². The van der Waals surface area contributed by atoms with Gasteiger partial charge in [-0.25, -0.2) is 9.59 Å². The Labute approximate surface area is 103 Å². The first-order chi connectivity index (χ1) is 7.61. The van der Waals surface area contributed by atoms with Gasteiger partial charge in [-0.05, 0) is 26.2 Å². The Morgan fingerprint density at radius 2 is 1.76 bits per heavy atom. The first-order valence-corrected chi connectivity index (χ1v) is 5.91. The van der Waals surface area contributed by atoms with E-state index in [9.17, 15) is 9.59 Å². The van der Waals surface area contributed by atoms with E-state index in [1.165, 1.54) is 0 Å². The van der Waals surface area contributed by atoms with Crippen LogP contribution in [-0.2, 0) is 4.79 Å². The summed E-state index contributed by atoms with van der Waals surface area (Å²) in [6, 6.07) is -1.16. The molecule has 17 heavy (non-hydrogen) atoms. The van der Waals surface area contributed by atoms with Gasteiger partial charge < -0.3 is 15.3 Å². The number of carboxylic acids is 1. The van der Waals surface area contributed by atoms with Gasteiger partial charge in [-0.2, -0.15) is 0 Å². The number of nitrogens with zero attached hydrogens (tertiary/aromatic N) is 1.